The second-order valence-corrected chi connectivity index (χ2v) is 13.8. The lowest BCUT2D eigenvalue weighted by Crippen LogP contribution is -2.57. The van der Waals surface area contributed by atoms with Gasteiger partial charge < -0.3 is 23.7 Å². The van der Waals surface area contributed by atoms with Gasteiger partial charge in [-0.2, -0.15) is 0 Å². The van der Waals surface area contributed by atoms with E-state index in [0.29, 0.717) is 29.6 Å². The van der Waals surface area contributed by atoms with E-state index < -0.39 is 0 Å². The summed E-state index contributed by atoms with van der Waals surface area (Å²) < 4.78 is 33.6. The number of hydrogen-bond acceptors (Lipinski definition) is 6. The number of carbonyl (C=O) groups is 1. The van der Waals surface area contributed by atoms with E-state index in [0.717, 1.165) is 32.1 Å². The maximum Gasteiger partial charge on any atom is 0.161 e. The Hall–Kier alpha value is -0.530. The third-order valence-electron chi connectivity index (χ3n) is 11.5. The molecular weight excluding hydrogens is 504 g/mol. The molecule has 3 aliphatic rings. The van der Waals surface area contributed by atoms with Crippen LogP contribution in [0.4, 0.5) is 0 Å². The lowest BCUT2D eigenvalue weighted by Gasteiger charge is -2.51. The molecule has 3 saturated heterocycles. The first-order valence-corrected chi connectivity index (χ1v) is 16.6. The van der Waals surface area contributed by atoms with E-state index in [1.54, 1.807) is 6.92 Å². The summed E-state index contributed by atoms with van der Waals surface area (Å²) in [5.41, 5.74) is 0. The number of rotatable bonds is 11. The van der Waals surface area contributed by atoms with Crippen molar-refractivity contribution in [3.63, 3.8) is 0 Å². The van der Waals surface area contributed by atoms with Crippen LogP contribution < -0.4 is 0 Å². The van der Waals surface area contributed by atoms with Gasteiger partial charge in [-0.25, -0.2) is 0 Å². The minimum atomic E-state index is -0.293. The van der Waals surface area contributed by atoms with Crippen molar-refractivity contribution in [1.82, 2.24) is 0 Å². The van der Waals surface area contributed by atoms with Crippen molar-refractivity contribution in [2.45, 2.75) is 164 Å². The smallest absolute Gasteiger partial charge is 0.161 e. The van der Waals surface area contributed by atoms with Crippen LogP contribution in [0.5, 0.6) is 0 Å². The van der Waals surface area contributed by atoms with Gasteiger partial charge in [0.2, 0.25) is 0 Å². The third kappa shape index (κ3) is 7.33. The van der Waals surface area contributed by atoms with Crippen molar-refractivity contribution in [2.75, 3.05) is 0 Å². The van der Waals surface area contributed by atoms with Crippen LogP contribution in [0.15, 0.2) is 0 Å². The highest BCUT2D eigenvalue weighted by Gasteiger charge is 2.49. The van der Waals surface area contributed by atoms with Gasteiger partial charge in [-0.1, -0.05) is 76.2 Å². The van der Waals surface area contributed by atoms with Gasteiger partial charge in [-0.15, -0.1) is 0 Å². The molecule has 0 aliphatic carbocycles. The van der Waals surface area contributed by atoms with Crippen LogP contribution >= 0.6 is 0 Å². The van der Waals surface area contributed by atoms with E-state index in [4.69, 9.17) is 23.7 Å². The Morgan fingerprint density at radius 1 is 0.600 bits per heavy atom. The Morgan fingerprint density at radius 2 is 1.02 bits per heavy atom. The van der Waals surface area contributed by atoms with Gasteiger partial charge in [-0.05, 0) is 68.6 Å². The maximum absolute atomic E-state index is 11.8. The molecule has 0 spiro atoms. The van der Waals surface area contributed by atoms with Crippen molar-refractivity contribution in [2.24, 2.45) is 47.3 Å². The van der Waals surface area contributed by atoms with Gasteiger partial charge in [0.05, 0.1) is 36.6 Å². The fraction of sp³-hybridized carbons (Fsp3) is 0.971. The maximum atomic E-state index is 11.8. The molecule has 3 aliphatic heterocycles. The first kappa shape index (κ1) is 34.0. The molecule has 0 bridgehead atoms. The highest BCUT2D eigenvalue weighted by molar-refractivity contribution is 5.77. The first-order chi connectivity index (χ1) is 18.9. The van der Waals surface area contributed by atoms with Crippen LogP contribution in [0.3, 0.4) is 0 Å². The lowest BCUT2D eigenvalue weighted by molar-refractivity contribution is -0.340. The second-order valence-electron chi connectivity index (χ2n) is 13.8. The van der Waals surface area contributed by atoms with E-state index in [9.17, 15) is 4.79 Å². The molecule has 0 aromatic carbocycles. The second kappa shape index (κ2) is 14.8. The summed E-state index contributed by atoms with van der Waals surface area (Å²) in [7, 11) is 0. The molecule has 3 fully saturated rings. The van der Waals surface area contributed by atoms with Crippen molar-refractivity contribution in [3.05, 3.63) is 0 Å². The topological polar surface area (TPSA) is 63.2 Å². The fourth-order valence-electron chi connectivity index (χ4n) is 7.27. The standard InChI is InChI=1S/C34H62O6/c1-13-27-20(6)19(5)24(10)33(37-27)40-32-23(9)25(11)34(38-29(32)15-3)39-31-22(8)21(7)30(36-28(31)14-2)17-16-18(4)26(12)35/h18-25,27-34H,13-17H2,1-12H3/t18?,19-,20+,21?,22+,23+,24?,25?,27?,28?,29?,30?,31-,32+,33+,34-/m0/s1. The summed E-state index contributed by atoms with van der Waals surface area (Å²) in [6.07, 6.45) is 4.38. The van der Waals surface area contributed by atoms with E-state index in [2.05, 4.69) is 69.2 Å². The molecular formula is C34H62O6. The summed E-state index contributed by atoms with van der Waals surface area (Å²) in [4.78, 5) is 11.8. The zero-order valence-corrected chi connectivity index (χ0v) is 27.7. The molecule has 6 heteroatoms. The fourth-order valence-corrected chi connectivity index (χ4v) is 7.27. The zero-order chi connectivity index (χ0) is 29.9. The van der Waals surface area contributed by atoms with Crippen molar-refractivity contribution in [1.29, 1.82) is 0 Å². The Bertz CT molecular complexity index is 782. The molecule has 40 heavy (non-hydrogen) atoms. The van der Waals surface area contributed by atoms with Crippen molar-refractivity contribution < 1.29 is 28.5 Å². The zero-order valence-electron chi connectivity index (χ0n) is 27.7. The van der Waals surface area contributed by atoms with Crippen LogP contribution in [-0.2, 0) is 28.5 Å². The highest BCUT2D eigenvalue weighted by Crippen LogP contribution is 2.43. The number of ketones is 1. The molecule has 0 amide bonds. The number of ether oxygens (including phenoxy) is 5. The van der Waals surface area contributed by atoms with Crippen LogP contribution in [0.25, 0.3) is 0 Å². The molecule has 3 rings (SSSR count). The van der Waals surface area contributed by atoms with E-state index in [1.165, 1.54) is 0 Å². The van der Waals surface area contributed by atoms with Crippen molar-refractivity contribution >= 4 is 5.78 Å². The minimum Gasteiger partial charge on any atom is -0.372 e. The minimum absolute atomic E-state index is 0.0227. The predicted molar refractivity (Wildman–Crippen MR) is 160 cm³/mol. The van der Waals surface area contributed by atoms with Crippen molar-refractivity contribution in [3.8, 4) is 0 Å². The average molecular weight is 567 g/mol. The molecule has 0 radical (unpaired) electrons. The van der Waals surface area contributed by atoms with Crippen LogP contribution in [-0.4, -0.2) is 55.0 Å². The summed E-state index contributed by atoms with van der Waals surface area (Å²) >= 11 is 0. The first-order valence-electron chi connectivity index (χ1n) is 16.6. The van der Waals surface area contributed by atoms with Gasteiger partial charge in [0, 0.05) is 17.8 Å². The Morgan fingerprint density at radius 3 is 1.52 bits per heavy atom. The molecule has 6 nitrogen and oxygen atoms in total. The number of hydrogen-bond donors (Lipinski definition) is 0. The van der Waals surface area contributed by atoms with E-state index in [1.807, 2.05) is 6.92 Å². The summed E-state index contributed by atoms with van der Waals surface area (Å²) in [6.45, 7) is 26.3. The normalized spacial score (nSPS) is 47.1. The molecule has 234 valence electrons. The predicted octanol–water partition coefficient (Wildman–Crippen LogP) is 7.66. The van der Waals surface area contributed by atoms with Gasteiger partial charge in [0.1, 0.15) is 5.78 Å². The molecule has 8 unspecified atom stereocenters. The largest absolute Gasteiger partial charge is 0.372 e. The lowest BCUT2D eigenvalue weighted by atomic mass is 9.77. The number of Topliss-reactive ketones (excluding diaryl/α,β-unsaturated/α-hetero) is 1. The quantitative estimate of drug-likeness (QED) is 0.256. The van der Waals surface area contributed by atoms with E-state index >= 15 is 0 Å². The average Bonchev–Trinajstić information content (AvgIpc) is 2.94. The monoisotopic (exact) mass is 566 g/mol. The van der Waals surface area contributed by atoms with Gasteiger partial charge >= 0.3 is 0 Å². The Balaban J connectivity index is 1.68. The summed E-state index contributed by atoms with van der Waals surface area (Å²) in [5, 5.41) is 0. The van der Waals surface area contributed by atoms with Crippen LogP contribution in [0.1, 0.15) is 115 Å². The van der Waals surface area contributed by atoms with Crippen LogP contribution in [0, 0.1) is 47.3 Å². The van der Waals surface area contributed by atoms with Gasteiger partial charge in [0.25, 0.3) is 0 Å². The number of carbonyl (C=O) groups excluding carboxylic acids is 1. The van der Waals surface area contributed by atoms with Crippen LogP contribution in [0.2, 0.25) is 0 Å². The van der Waals surface area contributed by atoms with Gasteiger partial charge in [0.15, 0.2) is 12.6 Å². The summed E-state index contributed by atoms with van der Waals surface area (Å²) in [5.74, 6) is 2.90. The SMILES string of the molecule is CCC1OC(CCC(C)C(C)=O)C(C)[C@@H](C)[C@@H]1O[C@@H]1OC(CC)[C@H](O[C@H]2OC(CC)[C@H](C)[C@H](C)C2C)[C@H](C)C1C. The molecule has 16 atom stereocenters. The molecule has 0 aromatic rings. The summed E-state index contributed by atoms with van der Waals surface area (Å²) in [6, 6.07) is 0. The Kier molecular flexibility index (Phi) is 12.5. The molecule has 0 aromatic heterocycles. The molecule has 0 saturated carbocycles. The van der Waals surface area contributed by atoms with E-state index in [-0.39, 0.29) is 72.7 Å². The molecule has 3 heterocycles. The highest BCUT2D eigenvalue weighted by atomic mass is 16.7. The molecule has 0 N–H and O–H groups in total. The Labute approximate surface area is 245 Å². The third-order valence-corrected chi connectivity index (χ3v) is 11.5. The van der Waals surface area contributed by atoms with Gasteiger partial charge in [-0.3, -0.25) is 4.79 Å².